The van der Waals surface area contributed by atoms with E-state index in [1.165, 1.54) is 0 Å². The van der Waals surface area contributed by atoms with Crippen LogP contribution in [0, 0.1) is 0 Å². The molecule has 0 aliphatic carbocycles. The van der Waals surface area contributed by atoms with E-state index in [0.717, 1.165) is 5.12 Å². The predicted molar refractivity (Wildman–Crippen MR) is 48.2 cm³/mol. The van der Waals surface area contributed by atoms with Crippen LogP contribution in [0.4, 0.5) is 0 Å². The van der Waals surface area contributed by atoms with Gasteiger partial charge in [0.1, 0.15) is 0 Å². The summed E-state index contributed by atoms with van der Waals surface area (Å²) < 4.78 is 0. The molecule has 0 aliphatic heterocycles. The Kier molecular flexibility index (Phi) is 69.8. The second kappa shape index (κ2) is 32.6. The van der Waals surface area contributed by atoms with Gasteiger partial charge in [0.25, 0.3) is 0 Å². The van der Waals surface area contributed by atoms with Crippen molar-refractivity contribution in [3.63, 3.8) is 0 Å². The summed E-state index contributed by atoms with van der Waals surface area (Å²) in [6, 6.07) is 0. The van der Waals surface area contributed by atoms with Crippen molar-refractivity contribution < 1.29 is 4.79 Å². The Morgan fingerprint density at radius 3 is 1.25 bits per heavy atom. The van der Waals surface area contributed by atoms with Crippen molar-refractivity contribution in [3.05, 3.63) is 0 Å². The summed E-state index contributed by atoms with van der Waals surface area (Å²) in [6.07, 6.45) is 0. The molecule has 40 valence electrons. The molecule has 6 radical (unpaired) electrons. The molecule has 0 unspecified atom stereocenters. The maximum atomic E-state index is 9.24. The van der Waals surface area contributed by atoms with Gasteiger partial charge in [-0.15, -0.1) is 0 Å². The molecular weight excluding hydrogens is 464 g/mol. The molecule has 0 aromatic heterocycles. The van der Waals surface area contributed by atoms with E-state index in [1.54, 1.807) is 70.0 Å². The van der Waals surface area contributed by atoms with E-state index in [4.69, 9.17) is 0 Å². The monoisotopic (exact) mass is 478 g/mol. The summed E-state index contributed by atoms with van der Waals surface area (Å²) in [5.74, 6) is 0. The normalized spacial score (nSPS) is 3.50. The van der Waals surface area contributed by atoms with Crippen molar-refractivity contribution in [1.29, 1.82) is 0 Å². The summed E-state index contributed by atoms with van der Waals surface area (Å²) in [7, 11) is 0. The molecule has 0 saturated heterocycles. The third-order valence-electron chi connectivity index (χ3n) is 0.0680. The van der Waals surface area contributed by atoms with E-state index in [9.17, 15) is 4.79 Å². The van der Waals surface area contributed by atoms with Gasteiger partial charge in [-0.1, -0.05) is 0 Å². The molecule has 0 rings (SSSR count). The van der Waals surface area contributed by atoms with Crippen molar-refractivity contribution in [2.24, 2.45) is 0 Å². The van der Waals surface area contributed by atoms with Crippen LogP contribution in [0.3, 0.4) is 0 Å². The Morgan fingerprint density at radius 1 is 1.12 bits per heavy atom. The molecule has 0 heterocycles. The van der Waals surface area contributed by atoms with Crippen LogP contribution in [0.5, 0.6) is 0 Å². The summed E-state index contributed by atoms with van der Waals surface area (Å²) >= 11 is 8.48. The van der Waals surface area contributed by atoms with Crippen LogP contribution < -0.4 is 0 Å². The Bertz CT molecular complexity index is 44.5. The molecule has 0 spiro atoms. The van der Waals surface area contributed by atoms with Crippen LogP contribution in [0.25, 0.3) is 0 Å². The van der Waals surface area contributed by atoms with E-state index < -0.39 is 0 Å². The van der Waals surface area contributed by atoms with Gasteiger partial charge in [0.05, 0.1) is 0 Å². The third kappa shape index (κ3) is 36.4. The SMILES string of the molecule is O=[CH][Ge]=[GeH].[GeH]=[GeH].[GeH]=[GeH]. The minimum atomic E-state index is -0.104. The molecule has 1 nitrogen and oxygen atoms in total. The van der Waals surface area contributed by atoms with Crippen molar-refractivity contribution in [2.75, 3.05) is 0 Å². The quantitative estimate of drug-likeness (QED) is 0.284. The Morgan fingerprint density at radius 2 is 1.25 bits per heavy atom. The van der Waals surface area contributed by atoms with Gasteiger partial charge >= 0.3 is 92.9 Å². The zero-order valence-electron chi connectivity index (χ0n) is 4.37. The molecule has 0 N–H and O–H groups in total. The molecule has 8 heavy (non-hydrogen) atoms. The topological polar surface area (TPSA) is 17.1 Å². The van der Waals surface area contributed by atoms with Crippen LogP contribution in [0.2, 0.25) is 0 Å². The molecule has 0 amide bonds. The molecule has 7 heteroatoms. The molecule has 0 atom stereocenters. The van der Waals surface area contributed by atoms with Crippen LogP contribution in [-0.4, -0.2) is 88.1 Å². The molecule has 0 aromatic carbocycles. The average Bonchev–Trinajstić information content (AvgIpc) is 1.96. The van der Waals surface area contributed by atoms with Crippen molar-refractivity contribution >= 4 is 88.1 Å². The summed E-state index contributed by atoms with van der Waals surface area (Å²) in [5, 5.41) is 1.03. The first kappa shape index (κ1) is 17.1. The van der Waals surface area contributed by atoms with Crippen molar-refractivity contribution in [3.8, 4) is 0 Å². The van der Waals surface area contributed by atoms with Crippen molar-refractivity contribution in [1.82, 2.24) is 0 Å². The first-order valence-corrected chi connectivity index (χ1v) is 27.5. The Balaban J connectivity index is -0.0000000542. The zero-order chi connectivity index (χ0) is 7.41. The van der Waals surface area contributed by atoms with Crippen LogP contribution >= 0.6 is 0 Å². The third-order valence-corrected chi connectivity index (χ3v) is 1.84. The van der Waals surface area contributed by atoms with Gasteiger partial charge in [-0.25, -0.2) is 0 Å². The van der Waals surface area contributed by atoms with Gasteiger partial charge < -0.3 is 0 Å². The fourth-order valence-corrected chi connectivity index (χ4v) is 0. The second-order valence-electron chi connectivity index (χ2n) is 0.285. The standard InChI is InChI=1S/CH2Ge2O.2Ge2H2/c2-3-1-4;2*1-2/h1-2H;2*1-2H. The molecule has 0 aromatic rings. The van der Waals surface area contributed by atoms with Gasteiger partial charge in [0.15, 0.2) is 0 Å². The molecule has 0 bridgehead atoms. The van der Waals surface area contributed by atoms with E-state index in [2.05, 4.69) is 0 Å². The molecule has 0 fully saturated rings. The summed E-state index contributed by atoms with van der Waals surface area (Å²) in [6.45, 7) is 0. The van der Waals surface area contributed by atoms with E-state index in [0.29, 0.717) is 0 Å². The number of rotatable bonds is 1. The van der Waals surface area contributed by atoms with E-state index >= 15 is 0 Å². The fraction of sp³-hybridized carbons (Fsp3) is 0. The Hall–Kier alpha value is 2.93. The van der Waals surface area contributed by atoms with Gasteiger partial charge in [-0.05, 0) is 0 Å². The van der Waals surface area contributed by atoms with Crippen LogP contribution in [0.1, 0.15) is 0 Å². The van der Waals surface area contributed by atoms with Gasteiger partial charge in [-0.3, -0.25) is 0 Å². The molecule has 0 saturated carbocycles. The van der Waals surface area contributed by atoms with E-state index in [1.807, 2.05) is 0 Å². The second-order valence-corrected chi connectivity index (χ2v) is 5.11. The van der Waals surface area contributed by atoms with Gasteiger partial charge in [-0.2, -0.15) is 0 Å². The minimum absolute atomic E-state index is 0.104. The first-order chi connectivity index (χ1) is 3.91. The summed E-state index contributed by atoms with van der Waals surface area (Å²) in [4.78, 5) is 9.24. The fourth-order valence-electron chi connectivity index (χ4n) is 0. The van der Waals surface area contributed by atoms with E-state index in [-0.39, 0.29) is 12.9 Å². The van der Waals surface area contributed by atoms with Gasteiger partial charge in [0, 0.05) is 0 Å². The van der Waals surface area contributed by atoms with Gasteiger partial charge in [0.2, 0.25) is 0 Å². The van der Waals surface area contributed by atoms with Crippen LogP contribution in [0.15, 0.2) is 0 Å². The number of hydrogen-bond acceptors (Lipinski definition) is 1. The molecular formula is CH6Ge6O. The maximum absolute atomic E-state index is 9.24. The summed E-state index contributed by atoms with van der Waals surface area (Å²) in [5.41, 5.74) is 0. The zero-order valence-corrected chi connectivity index (χ0v) is 18.6. The van der Waals surface area contributed by atoms with Crippen LogP contribution in [-0.2, 0) is 4.79 Å². The molecule has 0 aliphatic rings. The Labute approximate surface area is 91.2 Å². The predicted octanol–water partition coefficient (Wildman–Crippen LogP) is -3.90. The number of hydrogen-bond donors (Lipinski definition) is 0. The first-order valence-electron chi connectivity index (χ1n) is 1.48. The number of carbonyl (C=O) groups excluding carboxylic acids is 1. The number of carbonyl (C=O) groups is 1. The average molecular weight is 470 g/mol. The van der Waals surface area contributed by atoms with Crippen molar-refractivity contribution in [2.45, 2.75) is 0 Å².